The first-order valence-electron chi connectivity index (χ1n) is 13.0. The molecule has 4 rings (SSSR count). The molecule has 7 nitrogen and oxygen atoms in total. The molecule has 0 radical (unpaired) electrons. The summed E-state index contributed by atoms with van der Waals surface area (Å²) in [7, 11) is 0. The van der Waals surface area contributed by atoms with Crippen molar-refractivity contribution >= 4 is 27.5 Å². The van der Waals surface area contributed by atoms with Gasteiger partial charge < -0.3 is 15.4 Å². The van der Waals surface area contributed by atoms with Crippen molar-refractivity contribution in [3.05, 3.63) is 68.6 Å². The van der Waals surface area contributed by atoms with Crippen LogP contribution in [0.15, 0.2) is 46.2 Å². The molecule has 0 saturated carbocycles. The van der Waals surface area contributed by atoms with E-state index in [0.717, 1.165) is 64.8 Å². The lowest BCUT2D eigenvalue weighted by Crippen LogP contribution is -2.71. The molecule has 36 heavy (non-hydrogen) atoms. The van der Waals surface area contributed by atoms with Gasteiger partial charge in [0.05, 0.1) is 18.8 Å². The SMILES string of the molecule is CCO/N=C(\c1ccc(Br)cc1)C1CC[N+](C(=O)c2c(C)cc[n+]([O-])c2C)(C2(C)CCNCC2)CC1. The summed E-state index contributed by atoms with van der Waals surface area (Å²) in [4.78, 5) is 20.1. The zero-order valence-electron chi connectivity index (χ0n) is 21.8. The van der Waals surface area contributed by atoms with E-state index in [4.69, 9.17) is 4.84 Å². The molecule has 8 heteroatoms. The van der Waals surface area contributed by atoms with Crippen LogP contribution in [-0.4, -0.2) is 54.4 Å². The molecule has 2 fully saturated rings. The van der Waals surface area contributed by atoms with Crippen molar-refractivity contribution in [2.75, 3.05) is 32.8 Å². The molecule has 1 aromatic heterocycles. The number of aryl methyl sites for hydroxylation is 1. The molecule has 0 bridgehead atoms. The molecule has 1 amide bonds. The second-order valence-corrected chi connectivity index (χ2v) is 11.3. The number of nitrogens with zero attached hydrogens (tertiary/aromatic N) is 3. The quantitative estimate of drug-likeness (QED) is 0.184. The highest BCUT2D eigenvalue weighted by Gasteiger charge is 2.56. The molecular weight excluding hydrogens is 520 g/mol. The number of rotatable bonds is 6. The van der Waals surface area contributed by atoms with Crippen LogP contribution in [0.4, 0.5) is 0 Å². The maximum atomic E-state index is 14.5. The van der Waals surface area contributed by atoms with Crippen LogP contribution in [0.25, 0.3) is 0 Å². The summed E-state index contributed by atoms with van der Waals surface area (Å²) in [6.07, 6.45) is 5.02. The highest BCUT2D eigenvalue weighted by atomic mass is 79.9. The number of carbonyl (C=O) groups excluding carboxylic acids is 1. The van der Waals surface area contributed by atoms with Gasteiger partial charge in [0.15, 0.2) is 6.20 Å². The van der Waals surface area contributed by atoms with Crippen molar-refractivity contribution < 1.29 is 18.8 Å². The van der Waals surface area contributed by atoms with E-state index in [1.165, 1.54) is 6.20 Å². The van der Waals surface area contributed by atoms with Gasteiger partial charge in [-0.2, -0.15) is 4.73 Å². The van der Waals surface area contributed by atoms with Gasteiger partial charge in [-0.1, -0.05) is 33.2 Å². The van der Waals surface area contributed by atoms with Gasteiger partial charge in [0.25, 0.3) is 0 Å². The van der Waals surface area contributed by atoms with Gasteiger partial charge in [-0.3, -0.25) is 4.48 Å². The number of benzene rings is 1. The molecule has 3 heterocycles. The molecule has 2 aliphatic rings. The molecule has 1 aromatic carbocycles. The third-order valence-corrected chi connectivity index (χ3v) is 8.93. The number of hydrogen-bond acceptors (Lipinski definition) is 5. The summed E-state index contributed by atoms with van der Waals surface area (Å²) < 4.78 is 2.24. The molecule has 2 saturated heterocycles. The largest absolute Gasteiger partial charge is 0.618 e. The number of nitrogens with one attached hydrogen (secondary N) is 1. The maximum absolute atomic E-state index is 14.5. The zero-order valence-corrected chi connectivity index (χ0v) is 23.4. The third-order valence-electron chi connectivity index (χ3n) is 8.40. The van der Waals surface area contributed by atoms with E-state index in [0.29, 0.717) is 35.4 Å². The number of pyridine rings is 1. The molecule has 0 aliphatic carbocycles. The number of halogens is 1. The van der Waals surface area contributed by atoms with Crippen molar-refractivity contribution in [2.24, 2.45) is 11.1 Å². The van der Waals surface area contributed by atoms with Crippen LogP contribution in [0.1, 0.15) is 66.7 Å². The van der Waals surface area contributed by atoms with Crippen LogP contribution in [0.2, 0.25) is 0 Å². The molecular formula is C28H38BrN4O3+. The maximum Gasteiger partial charge on any atom is 0.353 e. The second kappa shape index (κ2) is 11.0. The van der Waals surface area contributed by atoms with Crippen molar-refractivity contribution in [3.8, 4) is 0 Å². The Kier molecular flexibility index (Phi) is 8.17. The standard InChI is InChI=1S/C28H38BrN4O3/c1-5-36-31-26(22-6-8-24(29)9-7-22)23-11-18-33(19-12-23,28(4)13-15-30-16-14-28)27(34)25-20(2)10-17-32(35)21(25)3/h6-10,17,23,30H,5,11-16,18-19H2,1-4H3/q+1/b31-26+. The Balaban J connectivity index is 1.71. The van der Waals surface area contributed by atoms with Gasteiger partial charge in [0, 0.05) is 62.2 Å². The third kappa shape index (κ3) is 4.95. The number of oxime groups is 1. The van der Waals surface area contributed by atoms with Gasteiger partial charge >= 0.3 is 5.91 Å². The molecule has 0 atom stereocenters. The van der Waals surface area contributed by atoms with Crippen molar-refractivity contribution in [1.29, 1.82) is 0 Å². The predicted molar refractivity (Wildman–Crippen MR) is 145 cm³/mol. The topological polar surface area (TPSA) is 77.6 Å². The van der Waals surface area contributed by atoms with E-state index < -0.39 is 0 Å². The van der Waals surface area contributed by atoms with Gasteiger partial charge in [-0.05, 0) is 44.0 Å². The number of aromatic nitrogens is 1. The van der Waals surface area contributed by atoms with Crippen LogP contribution in [0.3, 0.4) is 0 Å². The van der Waals surface area contributed by atoms with Crippen LogP contribution >= 0.6 is 15.9 Å². The summed E-state index contributed by atoms with van der Waals surface area (Å²) in [6, 6.07) is 9.96. The lowest BCUT2D eigenvalue weighted by atomic mass is 9.79. The fraction of sp³-hybridized carbons (Fsp3) is 0.536. The summed E-state index contributed by atoms with van der Waals surface area (Å²) in [5.74, 6) is 0.287. The van der Waals surface area contributed by atoms with Gasteiger partial charge in [-0.15, -0.1) is 0 Å². The Labute approximate surface area is 222 Å². The zero-order chi connectivity index (χ0) is 25.9. The van der Waals surface area contributed by atoms with Crippen LogP contribution in [0, 0.1) is 25.0 Å². The molecule has 0 unspecified atom stereocenters. The molecule has 1 N–H and O–H groups in total. The number of amides is 1. The van der Waals surface area contributed by atoms with Crippen LogP contribution in [0.5, 0.6) is 0 Å². The van der Waals surface area contributed by atoms with Gasteiger partial charge in [-0.25, -0.2) is 4.79 Å². The smallest absolute Gasteiger partial charge is 0.353 e. The van der Waals surface area contributed by atoms with E-state index in [1.54, 1.807) is 13.0 Å². The number of quaternary nitrogens is 1. The molecule has 2 aromatic rings. The lowest BCUT2D eigenvalue weighted by molar-refractivity contribution is -0.907. The van der Waals surface area contributed by atoms with Crippen molar-refractivity contribution in [1.82, 2.24) is 5.32 Å². The van der Waals surface area contributed by atoms with Crippen LogP contribution < -0.4 is 10.0 Å². The van der Waals surface area contributed by atoms with E-state index in [1.807, 2.05) is 26.0 Å². The van der Waals surface area contributed by atoms with E-state index in [9.17, 15) is 10.0 Å². The first kappa shape index (κ1) is 26.8. The fourth-order valence-corrected chi connectivity index (χ4v) is 6.35. The second-order valence-electron chi connectivity index (χ2n) is 10.4. The van der Waals surface area contributed by atoms with Crippen LogP contribution in [-0.2, 0) is 4.84 Å². The van der Waals surface area contributed by atoms with E-state index >= 15 is 0 Å². The highest BCUT2D eigenvalue weighted by Crippen LogP contribution is 2.41. The molecule has 0 spiro atoms. The van der Waals surface area contributed by atoms with Gasteiger partial charge in [0.2, 0.25) is 5.69 Å². The Morgan fingerprint density at radius 3 is 2.44 bits per heavy atom. The Hall–Kier alpha value is -2.29. The van der Waals surface area contributed by atoms with E-state index in [-0.39, 0.29) is 17.4 Å². The minimum absolute atomic E-state index is 0.0880. The summed E-state index contributed by atoms with van der Waals surface area (Å²) in [6.45, 7) is 11.7. The highest BCUT2D eigenvalue weighted by molar-refractivity contribution is 9.10. The minimum Gasteiger partial charge on any atom is -0.618 e. The van der Waals surface area contributed by atoms with Crippen molar-refractivity contribution in [2.45, 2.75) is 58.9 Å². The minimum atomic E-state index is -0.190. The van der Waals surface area contributed by atoms with Crippen molar-refractivity contribution in [3.63, 3.8) is 0 Å². The average Bonchev–Trinajstić information content (AvgIpc) is 2.88. The number of piperidine rings is 2. The number of hydrogen-bond donors (Lipinski definition) is 1. The Morgan fingerprint density at radius 2 is 1.83 bits per heavy atom. The summed E-state index contributed by atoms with van der Waals surface area (Å²) in [5, 5.41) is 20.5. The summed E-state index contributed by atoms with van der Waals surface area (Å²) in [5.41, 5.74) is 3.76. The fourth-order valence-electron chi connectivity index (χ4n) is 6.09. The molecule has 194 valence electrons. The first-order chi connectivity index (χ1) is 17.2. The monoisotopic (exact) mass is 557 g/mol. The van der Waals surface area contributed by atoms with E-state index in [2.05, 4.69) is 45.5 Å². The number of likely N-dealkylation sites (tertiary alicyclic amines) is 1. The van der Waals surface area contributed by atoms with Gasteiger partial charge in [0.1, 0.15) is 17.7 Å². The lowest BCUT2D eigenvalue weighted by Gasteiger charge is -2.54. The molecule has 2 aliphatic heterocycles. The normalized spacial score (nSPS) is 24.4. The first-order valence-corrected chi connectivity index (χ1v) is 13.8. The number of carbonyl (C=O) groups is 1. The average molecular weight is 559 g/mol. The Bertz CT molecular complexity index is 1120. The summed E-state index contributed by atoms with van der Waals surface area (Å²) >= 11 is 3.52. The predicted octanol–water partition coefficient (Wildman–Crippen LogP) is 4.65. The Morgan fingerprint density at radius 1 is 1.19 bits per heavy atom.